The van der Waals surface area contributed by atoms with Gasteiger partial charge in [0.2, 0.25) is 0 Å². The molecule has 2 aromatic heterocycles. The van der Waals surface area contributed by atoms with Crippen molar-refractivity contribution < 1.29 is 8.42 Å². The van der Waals surface area contributed by atoms with Crippen LogP contribution in [0.25, 0.3) is 0 Å². The van der Waals surface area contributed by atoms with Crippen LogP contribution >= 0.6 is 11.8 Å². The van der Waals surface area contributed by atoms with E-state index in [1.807, 2.05) is 20.1 Å². The Hall–Kier alpha value is -1.55. The summed E-state index contributed by atoms with van der Waals surface area (Å²) in [7, 11) is -2.07. The van der Waals surface area contributed by atoms with E-state index < -0.39 is 10.0 Å². The monoisotopic (exact) mass is 316 g/mol. The lowest BCUT2D eigenvalue weighted by Gasteiger charge is -2.04. The molecule has 0 aliphatic carbocycles. The van der Waals surface area contributed by atoms with E-state index in [2.05, 4.69) is 19.8 Å². The van der Waals surface area contributed by atoms with Crippen molar-refractivity contribution in [2.75, 3.05) is 11.0 Å². The summed E-state index contributed by atoms with van der Waals surface area (Å²) in [6.45, 7) is 3.88. The van der Waals surface area contributed by atoms with Crippen LogP contribution in [0, 0.1) is 0 Å². The maximum absolute atomic E-state index is 12.2. The highest BCUT2D eigenvalue weighted by molar-refractivity contribution is 7.98. The summed E-state index contributed by atoms with van der Waals surface area (Å²) in [6.07, 6.45) is 4.80. The number of hydrogen-bond acceptors (Lipinski definition) is 6. The van der Waals surface area contributed by atoms with Gasteiger partial charge in [0.25, 0.3) is 16.0 Å². The number of aryl methyl sites for hydroxylation is 1. The Kier molecular flexibility index (Phi) is 4.04. The fourth-order valence-corrected chi connectivity index (χ4v) is 2.86. The Balaban J connectivity index is 2.25. The van der Waals surface area contributed by atoms with Crippen molar-refractivity contribution in [2.24, 2.45) is 7.05 Å². The molecule has 2 heterocycles. The van der Waals surface area contributed by atoms with Crippen LogP contribution in [-0.4, -0.2) is 39.0 Å². The molecule has 2 rings (SSSR count). The lowest BCUT2D eigenvalue weighted by molar-refractivity contribution is 0.591. The molecule has 2 aromatic rings. The first-order chi connectivity index (χ1) is 9.33. The quantitative estimate of drug-likeness (QED) is 0.831. The molecule has 0 saturated heterocycles. The predicted molar refractivity (Wildman–Crippen MR) is 76.2 cm³/mol. The van der Waals surface area contributed by atoms with Gasteiger partial charge in [-0.15, -0.1) is 5.10 Å². The highest BCUT2D eigenvalue weighted by Crippen LogP contribution is 2.16. The summed E-state index contributed by atoms with van der Waals surface area (Å²) in [5.74, 6) is 0.0379. The second-order valence-corrected chi connectivity index (χ2v) is 6.81. The van der Waals surface area contributed by atoms with Crippen molar-refractivity contribution in [3.8, 4) is 0 Å². The minimum Gasteiger partial charge on any atom is -0.334 e. The van der Waals surface area contributed by atoms with Crippen molar-refractivity contribution in [1.29, 1.82) is 0 Å². The molecule has 0 amide bonds. The van der Waals surface area contributed by atoms with Gasteiger partial charge in [0.05, 0.1) is 6.33 Å². The topological polar surface area (TPSA) is 94.7 Å². The molecule has 20 heavy (non-hydrogen) atoms. The number of rotatable bonds is 5. The maximum Gasteiger partial charge on any atom is 0.283 e. The summed E-state index contributed by atoms with van der Waals surface area (Å²) in [4.78, 5) is 7.97. The zero-order valence-corrected chi connectivity index (χ0v) is 13.2. The van der Waals surface area contributed by atoms with Crippen molar-refractivity contribution in [3.05, 3.63) is 12.5 Å². The lowest BCUT2D eigenvalue weighted by Crippen LogP contribution is -2.14. The smallest absolute Gasteiger partial charge is 0.283 e. The predicted octanol–water partition coefficient (Wildman–Crippen LogP) is 1.12. The van der Waals surface area contributed by atoms with Crippen LogP contribution in [0.15, 0.2) is 22.7 Å². The number of aromatic nitrogens is 5. The second kappa shape index (κ2) is 5.44. The molecule has 0 unspecified atom stereocenters. The number of nitrogens with zero attached hydrogens (tertiary/aromatic N) is 5. The summed E-state index contributed by atoms with van der Waals surface area (Å²) in [5.41, 5.74) is 0. The van der Waals surface area contributed by atoms with Gasteiger partial charge >= 0.3 is 0 Å². The van der Waals surface area contributed by atoms with Gasteiger partial charge in [0, 0.05) is 19.3 Å². The van der Waals surface area contributed by atoms with Gasteiger partial charge in [0.1, 0.15) is 0 Å². The van der Waals surface area contributed by atoms with E-state index in [1.165, 1.54) is 29.0 Å². The summed E-state index contributed by atoms with van der Waals surface area (Å²) in [5, 5.41) is 4.56. The van der Waals surface area contributed by atoms with Crippen molar-refractivity contribution in [1.82, 2.24) is 24.3 Å². The van der Waals surface area contributed by atoms with E-state index in [4.69, 9.17) is 0 Å². The normalized spacial score (nSPS) is 12.1. The SMILES string of the molecule is CSc1nc(NS(=O)(=O)c2cn(C(C)C)cn2)nn1C. The Bertz CT molecular complexity index is 703. The Morgan fingerprint density at radius 2 is 2.10 bits per heavy atom. The minimum absolute atomic E-state index is 0.0379. The molecular formula is C10H16N6O2S2. The van der Waals surface area contributed by atoms with Gasteiger partial charge in [-0.05, 0) is 20.1 Å². The Morgan fingerprint density at radius 3 is 2.60 bits per heavy atom. The molecule has 0 bridgehead atoms. The van der Waals surface area contributed by atoms with Gasteiger partial charge in [-0.1, -0.05) is 11.8 Å². The van der Waals surface area contributed by atoms with E-state index in [0.717, 1.165) is 0 Å². The first-order valence-corrected chi connectivity index (χ1v) is 8.55. The third-order valence-electron chi connectivity index (χ3n) is 2.58. The van der Waals surface area contributed by atoms with Crippen molar-refractivity contribution >= 4 is 27.7 Å². The van der Waals surface area contributed by atoms with Crippen LogP contribution in [0.4, 0.5) is 5.95 Å². The van der Waals surface area contributed by atoms with Gasteiger partial charge in [-0.3, -0.25) is 0 Å². The average Bonchev–Trinajstić information content (AvgIpc) is 2.95. The minimum atomic E-state index is -3.77. The summed E-state index contributed by atoms with van der Waals surface area (Å²) in [6, 6.07) is 0.141. The lowest BCUT2D eigenvalue weighted by atomic mass is 10.4. The summed E-state index contributed by atoms with van der Waals surface area (Å²) < 4.78 is 29.9. The molecule has 110 valence electrons. The van der Waals surface area contributed by atoms with Crippen LogP contribution in [0.1, 0.15) is 19.9 Å². The Labute approximate surface area is 121 Å². The number of sulfonamides is 1. The number of anilines is 1. The molecule has 0 spiro atoms. The Morgan fingerprint density at radius 1 is 1.40 bits per heavy atom. The molecule has 1 N–H and O–H groups in total. The van der Waals surface area contributed by atoms with E-state index in [1.54, 1.807) is 11.6 Å². The van der Waals surface area contributed by atoms with Crippen molar-refractivity contribution in [2.45, 2.75) is 30.1 Å². The zero-order valence-electron chi connectivity index (χ0n) is 11.6. The zero-order chi connectivity index (χ0) is 14.9. The highest BCUT2D eigenvalue weighted by atomic mass is 32.2. The number of hydrogen-bond donors (Lipinski definition) is 1. The molecule has 0 fully saturated rings. The molecule has 0 aliphatic heterocycles. The molecule has 0 aromatic carbocycles. The maximum atomic E-state index is 12.2. The van der Waals surface area contributed by atoms with Gasteiger partial charge in [-0.2, -0.15) is 13.4 Å². The van der Waals surface area contributed by atoms with Crippen LogP contribution in [0.2, 0.25) is 0 Å². The van der Waals surface area contributed by atoms with Crippen LogP contribution in [0.3, 0.4) is 0 Å². The fourth-order valence-electron chi connectivity index (χ4n) is 1.50. The van der Waals surface area contributed by atoms with Gasteiger partial charge < -0.3 is 4.57 Å². The van der Waals surface area contributed by atoms with E-state index in [0.29, 0.717) is 5.16 Å². The van der Waals surface area contributed by atoms with Crippen LogP contribution in [-0.2, 0) is 17.1 Å². The van der Waals surface area contributed by atoms with Gasteiger partial charge in [-0.25, -0.2) is 14.4 Å². The van der Waals surface area contributed by atoms with Crippen LogP contribution < -0.4 is 4.72 Å². The first kappa shape index (κ1) is 14.9. The molecule has 0 aliphatic rings. The number of nitrogens with one attached hydrogen (secondary N) is 1. The largest absolute Gasteiger partial charge is 0.334 e. The van der Waals surface area contributed by atoms with Crippen molar-refractivity contribution in [3.63, 3.8) is 0 Å². The number of imidazole rings is 1. The highest BCUT2D eigenvalue weighted by Gasteiger charge is 2.20. The molecule has 0 radical (unpaired) electrons. The molecule has 0 saturated carbocycles. The van der Waals surface area contributed by atoms with E-state index in [9.17, 15) is 8.42 Å². The molecule has 8 nitrogen and oxygen atoms in total. The first-order valence-electron chi connectivity index (χ1n) is 5.85. The van der Waals surface area contributed by atoms with E-state index >= 15 is 0 Å². The summed E-state index contributed by atoms with van der Waals surface area (Å²) >= 11 is 1.38. The second-order valence-electron chi connectivity index (χ2n) is 4.40. The average molecular weight is 316 g/mol. The van der Waals surface area contributed by atoms with E-state index in [-0.39, 0.29) is 17.0 Å². The van der Waals surface area contributed by atoms with Gasteiger partial charge in [0.15, 0.2) is 10.2 Å². The third kappa shape index (κ3) is 2.96. The molecule has 0 atom stereocenters. The number of thioether (sulfide) groups is 1. The molecular weight excluding hydrogens is 300 g/mol. The van der Waals surface area contributed by atoms with Crippen LogP contribution in [0.5, 0.6) is 0 Å². The third-order valence-corrected chi connectivity index (χ3v) is 4.51. The standard InChI is InChI=1S/C10H16N6O2S2/c1-7(2)16-5-8(11-6-16)20(17,18)14-9-12-10(19-4)15(3)13-9/h5-7H,1-4H3,(H,13,14). The fraction of sp³-hybridized carbons (Fsp3) is 0.500. The molecule has 10 heteroatoms.